The molecular weight excluding hydrogens is 1040 g/mol. The average molecular weight is 1130 g/mol. The molecule has 0 aliphatic carbocycles. The molecule has 0 unspecified atom stereocenters. The molecule has 5 aromatic rings. The van der Waals surface area contributed by atoms with Crippen LogP contribution in [0, 0.1) is 33.9 Å². The zero-order valence-corrected chi connectivity index (χ0v) is 49.5. The van der Waals surface area contributed by atoms with Crippen molar-refractivity contribution in [2.75, 3.05) is 41.7 Å². The van der Waals surface area contributed by atoms with E-state index in [2.05, 4.69) is 76.2 Å². The predicted molar refractivity (Wildman–Crippen MR) is 327 cm³/mol. The number of amides is 3. The number of nitrogens with two attached hydrogens (primary N) is 4. The number of hydrogen-bond donors (Lipinski definition) is 6. The zero-order chi connectivity index (χ0) is 60.2. The van der Waals surface area contributed by atoms with E-state index >= 15 is 0 Å². The van der Waals surface area contributed by atoms with Gasteiger partial charge in [0.1, 0.15) is 16.8 Å². The molecule has 10 N–H and O–H groups in total. The Morgan fingerprint density at radius 2 is 1.02 bits per heavy atom. The number of nitrogens with zero attached hydrogens (tertiary/aromatic N) is 10. The summed E-state index contributed by atoms with van der Waals surface area (Å²) in [5.41, 5.74) is 25.0. The van der Waals surface area contributed by atoms with Gasteiger partial charge in [-0.1, -0.05) is 151 Å². The number of unbranched alkanes of at least 4 members (excludes halogenated alkanes) is 12. The Morgan fingerprint density at radius 1 is 0.605 bits per heavy atom. The number of aromatic nitrogens is 6. The Hall–Kier alpha value is -8.10. The Morgan fingerprint density at radius 3 is 1.36 bits per heavy atom. The van der Waals surface area contributed by atoms with Crippen LogP contribution < -0.4 is 33.6 Å². The number of nitrogen functional groups attached to an aromatic ring is 2. The minimum absolute atomic E-state index is 0.125. The molecule has 3 aromatic carbocycles. The molecule has 81 heavy (non-hydrogen) atoms. The van der Waals surface area contributed by atoms with Crippen molar-refractivity contribution in [1.82, 2.24) is 34.8 Å². The van der Waals surface area contributed by atoms with E-state index in [1.54, 1.807) is 36.4 Å². The fourth-order valence-electron chi connectivity index (χ4n) is 7.56. The van der Waals surface area contributed by atoms with Gasteiger partial charge in [0, 0.05) is 55.5 Å². The predicted octanol–water partition coefficient (Wildman–Crippen LogP) is 12.0. The van der Waals surface area contributed by atoms with Crippen molar-refractivity contribution in [3.8, 4) is 0 Å². The minimum Gasteiger partial charge on any atom is -0.368 e. The number of benzene rings is 3. The first-order valence-electron chi connectivity index (χ1n) is 28.0. The molecule has 0 saturated carbocycles. The highest BCUT2D eigenvalue weighted by Crippen LogP contribution is 2.15. The fourth-order valence-corrected chi connectivity index (χ4v) is 7.68. The summed E-state index contributed by atoms with van der Waals surface area (Å²) in [5, 5.41) is 7.98. The summed E-state index contributed by atoms with van der Waals surface area (Å²) in [6.07, 6.45) is 21.3. The van der Waals surface area contributed by atoms with Crippen LogP contribution in [0.2, 0.25) is 0 Å². The number of anilines is 4. The van der Waals surface area contributed by atoms with Gasteiger partial charge in [0.25, 0.3) is 23.0 Å². The number of carbonyl (C=O) groups excluding carboxylic acids is 4. The Bertz CT molecular complexity index is 2660. The minimum atomic E-state index is -0.399. The second-order valence-electron chi connectivity index (χ2n) is 19.0. The van der Waals surface area contributed by atoms with E-state index in [0.717, 1.165) is 87.7 Å². The highest BCUT2D eigenvalue weighted by atomic mass is 35.5. The third-order valence-corrected chi connectivity index (χ3v) is 12.0. The van der Waals surface area contributed by atoms with Gasteiger partial charge in [-0.25, -0.2) is 6.57 Å². The molecule has 1 fully saturated rings. The maximum absolute atomic E-state index is 12.7. The molecule has 0 bridgehead atoms. The molecule has 0 spiro atoms. The monoisotopic (exact) mass is 1130 g/mol. The van der Waals surface area contributed by atoms with Crippen LogP contribution in [0.1, 0.15) is 196 Å². The van der Waals surface area contributed by atoms with E-state index in [4.69, 9.17) is 47.7 Å². The molecule has 20 nitrogen and oxygen atoms in total. The molecule has 3 amide bonds. The Labute approximate surface area is 485 Å². The number of nitrogens with one attached hydrogen (secondary N) is 2. The van der Waals surface area contributed by atoms with E-state index in [0.29, 0.717) is 40.7 Å². The van der Waals surface area contributed by atoms with Crippen LogP contribution >= 0.6 is 11.6 Å². The third kappa shape index (κ3) is 34.5. The lowest BCUT2D eigenvalue weighted by atomic mass is 10.1. The number of likely N-dealkylation sites (tertiary alicyclic amines) is 1. The molecule has 3 heterocycles. The lowest BCUT2D eigenvalue weighted by Gasteiger charge is -2.10. The quantitative estimate of drug-likeness (QED) is 0.00885. The summed E-state index contributed by atoms with van der Waals surface area (Å²) >= 11 is 5.24. The summed E-state index contributed by atoms with van der Waals surface area (Å²) in [6.45, 7) is 29.5. The second-order valence-corrected chi connectivity index (χ2v) is 19.3. The number of rotatable bonds is 23. The Balaban J connectivity index is 0.000000561. The summed E-state index contributed by atoms with van der Waals surface area (Å²) in [4.78, 5) is 79.3. The first-order valence-corrected chi connectivity index (χ1v) is 28.4. The van der Waals surface area contributed by atoms with Crippen LogP contribution in [0.3, 0.4) is 0 Å². The molecule has 21 heteroatoms. The molecule has 438 valence electrons. The normalized spacial score (nSPS) is 10.8. The number of hydrogen-bond acceptors (Lipinski definition) is 13. The fraction of sp³-hybridized carbons (Fsp3) is 0.483. The van der Waals surface area contributed by atoms with Crippen LogP contribution in [0.15, 0.2) is 77.9 Å². The zero-order valence-electron chi connectivity index (χ0n) is 48.8. The van der Waals surface area contributed by atoms with E-state index in [1.807, 2.05) is 69.0 Å². The van der Waals surface area contributed by atoms with Crippen LogP contribution in [0.5, 0.6) is 0 Å². The van der Waals surface area contributed by atoms with Crippen molar-refractivity contribution in [3.63, 3.8) is 0 Å². The van der Waals surface area contributed by atoms with Crippen molar-refractivity contribution in [1.29, 1.82) is 0 Å². The standard InChI is InChI=1S/C26H31N5O2.C10H19N5.C8H7ClO.C8H15N.C6H11NO.C2H4N4/c1-4-5-6-7-8-15-22-27-25(29-23(32)20-13-9-11-18(2)16-20)31-26(28-22)30-24(33)21-14-10-12-19(3)17-21;1-2-3-4-5-6-7-8-13-9(11)15-10(12)14-8;1-6-3-2-4-7(5-6)8(9)10;1-3-4-5-6-7-8-9-2;1-2-7-5-3-4-6(7)8;1-5-6-2(3)4/h9-14,16-17H,4-8,15H2,1-3H3,(H2,27,28,29,30,31,32,33);2-7H2,1H3,(H4,11,12,13,14,15);2-5H,1H3;3-8H2,1H3;2-5H2,1H3;(H4,3,4,6). The highest BCUT2D eigenvalue weighted by Gasteiger charge is 2.17. The maximum Gasteiger partial charge on any atom is 0.272 e. The number of guanidine groups is 1. The van der Waals surface area contributed by atoms with Gasteiger partial charge in [-0.15, -0.1) is 4.95 Å². The van der Waals surface area contributed by atoms with Crippen molar-refractivity contribution in [3.05, 3.63) is 141 Å². The summed E-state index contributed by atoms with van der Waals surface area (Å²) in [6, 6.07) is 21.8. The van der Waals surface area contributed by atoms with Gasteiger partial charge in [-0.2, -0.15) is 36.5 Å². The molecular formula is C60H87ClN16O4. The Kier molecular flexibility index (Phi) is 38.3. The topological polar surface area (TPSA) is 298 Å². The summed E-state index contributed by atoms with van der Waals surface area (Å²) in [5.74, 6) is 1.44. The van der Waals surface area contributed by atoms with Gasteiger partial charge in [-0.05, 0) is 95.3 Å². The molecule has 0 atom stereocenters. The SMILES string of the molecule is CCCCCCCc1nc(N)nc(N)n1.CCCCCCCc1nc(NC(=O)c2cccc(C)c2)nc(NC(=O)c2cccc(C)c2)n1.CCN1CCCC1=O.Cc1cccc(C(=O)Cl)c1.[C-]#[N+]CCCCCCC.[C-]#[N+]N=C(N)N. The third-order valence-electron chi connectivity index (χ3n) is 11.8. The molecule has 1 aliphatic heterocycles. The van der Waals surface area contributed by atoms with E-state index in [1.165, 1.54) is 64.2 Å². The van der Waals surface area contributed by atoms with E-state index < -0.39 is 5.24 Å². The lowest BCUT2D eigenvalue weighted by molar-refractivity contribution is -0.127. The highest BCUT2D eigenvalue weighted by molar-refractivity contribution is 6.67. The molecule has 1 saturated heterocycles. The smallest absolute Gasteiger partial charge is 0.272 e. The van der Waals surface area contributed by atoms with Crippen LogP contribution in [0.4, 0.5) is 23.8 Å². The second kappa shape index (κ2) is 43.7. The lowest BCUT2D eigenvalue weighted by Crippen LogP contribution is -2.23. The first kappa shape index (κ1) is 70.9. The van der Waals surface area contributed by atoms with Gasteiger partial charge in [0.2, 0.25) is 36.2 Å². The van der Waals surface area contributed by atoms with Crippen molar-refractivity contribution >= 4 is 64.3 Å². The first-order chi connectivity index (χ1) is 38.9. The van der Waals surface area contributed by atoms with Crippen LogP contribution in [0.25, 0.3) is 9.80 Å². The van der Waals surface area contributed by atoms with Crippen molar-refractivity contribution < 1.29 is 19.2 Å². The van der Waals surface area contributed by atoms with E-state index in [-0.39, 0.29) is 41.6 Å². The summed E-state index contributed by atoms with van der Waals surface area (Å²) < 4.78 is 0. The van der Waals surface area contributed by atoms with Gasteiger partial charge >= 0.3 is 0 Å². The molecule has 1 aliphatic rings. The van der Waals surface area contributed by atoms with Crippen molar-refractivity contribution in [2.45, 2.75) is 170 Å². The average Bonchev–Trinajstić information content (AvgIpc) is 3.85. The van der Waals surface area contributed by atoms with Gasteiger partial charge in [0.05, 0.1) is 0 Å². The van der Waals surface area contributed by atoms with Gasteiger partial charge in [-0.3, -0.25) is 29.8 Å². The number of halogens is 1. The molecule has 6 rings (SSSR count). The van der Waals surface area contributed by atoms with Gasteiger partial charge in [0.15, 0.2) is 0 Å². The molecule has 2 aromatic heterocycles. The maximum atomic E-state index is 12.7. The number of aryl methyl sites for hydroxylation is 5. The summed E-state index contributed by atoms with van der Waals surface area (Å²) in [7, 11) is 0. The number of carbonyl (C=O) groups is 4. The van der Waals surface area contributed by atoms with Crippen LogP contribution in [-0.4, -0.2) is 83.4 Å². The van der Waals surface area contributed by atoms with Gasteiger partial charge < -0.3 is 32.7 Å². The van der Waals surface area contributed by atoms with E-state index in [9.17, 15) is 19.2 Å². The molecule has 0 radical (unpaired) electrons. The van der Waals surface area contributed by atoms with Crippen LogP contribution in [-0.2, 0) is 17.6 Å². The largest absolute Gasteiger partial charge is 0.368 e. The van der Waals surface area contributed by atoms with Crippen molar-refractivity contribution in [2.24, 2.45) is 16.6 Å².